The van der Waals surface area contributed by atoms with Crippen molar-refractivity contribution in [1.29, 1.82) is 0 Å². The fourth-order valence-corrected chi connectivity index (χ4v) is 3.78. The van der Waals surface area contributed by atoms with E-state index in [-0.39, 0.29) is 17.6 Å². The minimum atomic E-state index is -0.450. The third-order valence-corrected chi connectivity index (χ3v) is 5.50. The maximum atomic E-state index is 12.9. The first-order chi connectivity index (χ1) is 13.2. The van der Waals surface area contributed by atoms with E-state index >= 15 is 0 Å². The summed E-state index contributed by atoms with van der Waals surface area (Å²) in [5.74, 6) is -0.439. The second-order valence-corrected chi connectivity index (χ2v) is 8.14. The number of nitrogens with two attached hydrogens (primary N) is 1. The average molecular weight is 380 g/mol. The molecule has 0 saturated carbocycles. The van der Waals surface area contributed by atoms with E-state index in [4.69, 9.17) is 10.5 Å². The zero-order chi connectivity index (χ0) is 20.5. The molecule has 0 spiro atoms. The molecule has 1 heterocycles. The van der Waals surface area contributed by atoms with Gasteiger partial charge in [-0.2, -0.15) is 0 Å². The molecule has 2 aromatic rings. The molecule has 5 nitrogen and oxygen atoms in total. The van der Waals surface area contributed by atoms with Crippen molar-refractivity contribution in [1.82, 2.24) is 4.90 Å². The SMILES string of the molecule is Cc1ccc(C(N)=O)cc1-c1ccc(C(=O)N(C)[C@H]2CCOC(C)(C)C2)cc1. The Balaban J connectivity index is 1.80. The Hall–Kier alpha value is -2.66. The number of amides is 2. The van der Waals surface area contributed by atoms with Gasteiger partial charge in [0.1, 0.15) is 0 Å². The molecule has 1 atom stereocenters. The van der Waals surface area contributed by atoms with Gasteiger partial charge in [0.25, 0.3) is 5.91 Å². The molecule has 28 heavy (non-hydrogen) atoms. The van der Waals surface area contributed by atoms with Gasteiger partial charge in [-0.1, -0.05) is 18.2 Å². The molecule has 1 fully saturated rings. The van der Waals surface area contributed by atoms with E-state index < -0.39 is 5.91 Å². The Kier molecular flexibility index (Phi) is 5.57. The summed E-state index contributed by atoms with van der Waals surface area (Å²) >= 11 is 0. The van der Waals surface area contributed by atoms with Crippen molar-refractivity contribution in [3.63, 3.8) is 0 Å². The van der Waals surface area contributed by atoms with Crippen LogP contribution in [0.4, 0.5) is 0 Å². The molecule has 2 amide bonds. The van der Waals surface area contributed by atoms with Gasteiger partial charge in [0.05, 0.1) is 5.60 Å². The normalized spacial score (nSPS) is 18.5. The first kappa shape index (κ1) is 20.1. The van der Waals surface area contributed by atoms with Crippen LogP contribution in [0.25, 0.3) is 11.1 Å². The fourth-order valence-electron chi connectivity index (χ4n) is 3.78. The third kappa shape index (κ3) is 4.25. The standard InChI is InChI=1S/C23H28N2O3/c1-15-5-6-18(21(24)26)13-20(15)16-7-9-17(10-8-16)22(27)25(4)19-11-12-28-23(2,3)14-19/h5-10,13,19H,11-12,14H2,1-4H3,(H2,24,26)/t19-/m0/s1. The summed E-state index contributed by atoms with van der Waals surface area (Å²) in [5.41, 5.74) is 9.26. The summed E-state index contributed by atoms with van der Waals surface area (Å²) in [4.78, 5) is 26.2. The van der Waals surface area contributed by atoms with Crippen molar-refractivity contribution in [3.8, 4) is 11.1 Å². The van der Waals surface area contributed by atoms with Crippen LogP contribution in [-0.4, -0.2) is 42.0 Å². The molecule has 1 saturated heterocycles. The number of aryl methyl sites for hydroxylation is 1. The Bertz CT molecular complexity index is 887. The maximum absolute atomic E-state index is 12.9. The lowest BCUT2D eigenvalue weighted by molar-refractivity contribution is -0.0756. The predicted octanol–water partition coefficient (Wildman–Crippen LogP) is 3.79. The summed E-state index contributed by atoms with van der Waals surface area (Å²) in [6.07, 6.45) is 1.68. The summed E-state index contributed by atoms with van der Waals surface area (Å²) in [7, 11) is 1.86. The number of hydrogen-bond donors (Lipinski definition) is 1. The first-order valence-electron chi connectivity index (χ1n) is 9.60. The highest BCUT2D eigenvalue weighted by atomic mass is 16.5. The van der Waals surface area contributed by atoms with Crippen molar-refractivity contribution in [2.24, 2.45) is 5.73 Å². The van der Waals surface area contributed by atoms with E-state index in [1.165, 1.54) is 0 Å². The number of nitrogens with zero attached hydrogens (tertiary/aromatic N) is 1. The van der Waals surface area contributed by atoms with E-state index in [2.05, 4.69) is 13.8 Å². The van der Waals surface area contributed by atoms with Crippen LogP contribution in [0, 0.1) is 6.92 Å². The minimum Gasteiger partial charge on any atom is -0.375 e. The van der Waals surface area contributed by atoms with Crippen LogP contribution in [-0.2, 0) is 4.74 Å². The Morgan fingerprint density at radius 2 is 1.75 bits per heavy atom. The Morgan fingerprint density at radius 1 is 1.11 bits per heavy atom. The summed E-state index contributed by atoms with van der Waals surface area (Å²) in [5, 5.41) is 0. The van der Waals surface area contributed by atoms with E-state index in [0.29, 0.717) is 17.7 Å². The van der Waals surface area contributed by atoms with Gasteiger partial charge in [-0.05, 0) is 74.6 Å². The third-order valence-electron chi connectivity index (χ3n) is 5.50. The zero-order valence-electron chi connectivity index (χ0n) is 17.0. The predicted molar refractivity (Wildman–Crippen MR) is 110 cm³/mol. The molecule has 2 aromatic carbocycles. The van der Waals surface area contributed by atoms with Crippen LogP contribution in [0.15, 0.2) is 42.5 Å². The van der Waals surface area contributed by atoms with Gasteiger partial charge in [-0.15, -0.1) is 0 Å². The van der Waals surface area contributed by atoms with E-state index in [9.17, 15) is 9.59 Å². The highest BCUT2D eigenvalue weighted by Crippen LogP contribution is 2.29. The smallest absolute Gasteiger partial charge is 0.253 e. The molecular formula is C23H28N2O3. The van der Waals surface area contributed by atoms with Crippen molar-refractivity contribution in [2.45, 2.75) is 45.3 Å². The molecule has 3 rings (SSSR count). The molecule has 0 bridgehead atoms. The van der Waals surface area contributed by atoms with Gasteiger partial charge >= 0.3 is 0 Å². The topological polar surface area (TPSA) is 72.6 Å². The molecule has 5 heteroatoms. The molecular weight excluding hydrogens is 352 g/mol. The van der Waals surface area contributed by atoms with Gasteiger partial charge in [0, 0.05) is 30.8 Å². The zero-order valence-corrected chi connectivity index (χ0v) is 17.0. The van der Waals surface area contributed by atoms with Gasteiger partial charge in [-0.25, -0.2) is 0 Å². The second kappa shape index (κ2) is 7.76. The molecule has 0 unspecified atom stereocenters. The van der Waals surface area contributed by atoms with Crippen molar-refractivity contribution in [3.05, 3.63) is 59.2 Å². The maximum Gasteiger partial charge on any atom is 0.253 e. The summed E-state index contributed by atoms with van der Waals surface area (Å²) in [6, 6.07) is 13.1. The van der Waals surface area contributed by atoms with E-state index in [1.807, 2.05) is 49.2 Å². The van der Waals surface area contributed by atoms with Gasteiger partial charge in [0.15, 0.2) is 0 Å². The second-order valence-electron chi connectivity index (χ2n) is 8.14. The number of benzene rings is 2. The molecule has 0 radical (unpaired) electrons. The lowest BCUT2D eigenvalue weighted by Crippen LogP contribution is -2.46. The lowest BCUT2D eigenvalue weighted by Gasteiger charge is -2.39. The summed E-state index contributed by atoms with van der Waals surface area (Å²) in [6.45, 7) is 6.78. The number of ether oxygens (including phenoxy) is 1. The van der Waals surface area contributed by atoms with Crippen molar-refractivity contribution in [2.75, 3.05) is 13.7 Å². The number of carbonyl (C=O) groups excluding carboxylic acids is 2. The fraction of sp³-hybridized carbons (Fsp3) is 0.391. The molecule has 148 valence electrons. The lowest BCUT2D eigenvalue weighted by atomic mass is 9.92. The van der Waals surface area contributed by atoms with Crippen LogP contribution in [0.5, 0.6) is 0 Å². The minimum absolute atomic E-state index is 0.0110. The van der Waals surface area contributed by atoms with E-state index in [1.54, 1.807) is 12.1 Å². The number of primary amides is 1. The molecule has 0 aromatic heterocycles. The van der Waals surface area contributed by atoms with Gasteiger partial charge < -0.3 is 15.4 Å². The molecule has 2 N–H and O–H groups in total. The summed E-state index contributed by atoms with van der Waals surface area (Å²) < 4.78 is 5.76. The van der Waals surface area contributed by atoms with Crippen LogP contribution in [0.3, 0.4) is 0 Å². The largest absolute Gasteiger partial charge is 0.375 e. The average Bonchev–Trinajstić information content (AvgIpc) is 2.66. The molecule has 0 aliphatic carbocycles. The Labute approximate surface area is 166 Å². The quantitative estimate of drug-likeness (QED) is 0.877. The van der Waals surface area contributed by atoms with Gasteiger partial charge in [-0.3, -0.25) is 9.59 Å². The molecule has 1 aliphatic rings. The van der Waals surface area contributed by atoms with Crippen LogP contribution >= 0.6 is 0 Å². The molecule has 1 aliphatic heterocycles. The van der Waals surface area contributed by atoms with Crippen molar-refractivity contribution < 1.29 is 14.3 Å². The number of rotatable bonds is 4. The number of hydrogen-bond acceptors (Lipinski definition) is 3. The van der Waals surface area contributed by atoms with E-state index in [0.717, 1.165) is 29.5 Å². The van der Waals surface area contributed by atoms with Crippen LogP contribution in [0.1, 0.15) is 53.0 Å². The van der Waals surface area contributed by atoms with Gasteiger partial charge in [0.2, 0.25) is 5.91 Å². The van der Waals surface area contributed by atoms with Crippen LogP contribution in [0.2, 0.25) is 0 Å². The Morgan fingerprint density at radius 3 is 2.36 bits per heavy atom. The highest BCUT2D eigenvalue weighted by molar-refractivity contribution is 5.96. The first-order valence-corrected chi connectivity index (χ1v) is 9.60. The highest BCUT2D eigenvalue weighted by Gasteiger charge is 2.33. The number of carbonyl (C=O) groups is 2. The monoisotopic (exact) mass is 380 g/mol. The van der Waals surface area contributed by atoms with Crippen molar-refractivity contribution >= 4 is 11.8 Å². The van der Waals surface area contributed by atoms with Crippen LogP contribution < -0.4 is 5.73 Å².